The van der Waals surface area contributed by atoms with Crippen LogP contribution in [-0.2, 0) is 0 Å². The Morgan fingerprint density at radius 3 is 2.71 bits per heavy atom. The monoisotopic (exact) mass is 235 g/mol. The first-order valence-corrected chi connectivity index (χ1v) is 5.64. The topological polar surface area (TPSA) is 67.6 Å². The van der Waals surface area contributed by atoms with Gasteiger partial charge >= 0.3 is 6.03 Å². The third-order valence-corrected chi connectivity index (χ3v) is 2.85. The van der Waals surface area contributed by atoms with Gasteiger partial charge < -0.3 is 20.7 Å². The molecule has 2 rings (SSSR count). The Hall–Kier alpha value is -1.75. The molecule has 1 saturated heterocycles. The summed E-state index contributed by atoms with van der Waals surface area (Å²) in [6.45, 7) is 1.35. The quantitative estimate of drug-likeness (QED) is 0.811. The number of carbonyl (C=O) groups is 1. The second-order valence-electron chi connectivity index (χ2n) is 4.15. The molecule has 1 aromatic rings. The van der Waals surface area contributed by atoms with Crippen LogP contribution in [0.25, 0.3) is 0 Å². The van der Waals surface area contributed by atoms with Gasteiger partial charge in [0.25, 0.3) is 0 Å². The van der Waals surface area contributed by atoms with Gasteiger partial charge in [0.15, 0.2) is 0 Å². The maximum atomic E-state index is 11.8. The van der Waals surface area contributed by atoms with E-state index in [4.69, 9.17) is 10.5 Å². The lowest BCUT2D eigenvalue weighted by atomic mass is 10.3. The third-order valence-electron chi connectivity index (χ3n) is 2.85. The number of amides is 2. The number of nitrogens with zero attached hydrogens (tertiary/aromatic N) is 1. The second-order valence-corrected chi connectivity index (χ2v) is 4.15. The van der Waals surface area contributed by atoms with Gasteiger partial charge in [0.05, 0.1) is 7.11 Å². The number of benzene rings is 1. The summed E-state index contributed by atoms with van der Waals surface area (Å²) < 4.78 is 5.05. The van der Waals surface area contributed by atoms with Crippen molar-refractivity contribution in [3.8, 4) is 5.75 Å². The molecule has 0 unspecified atom stereocenters. The zero-order valence-corrected chi connectivity index (χ0v) is 9.85. The number of anilines is 1. The van der Waals surface area contributed by atoms with Crippen LogP contribution in [0.2, 0.25) is 0 Å². The summed E-state index contributed by atoms with van der Waals surface area (Å²) in [5.41, 5.74) is 6.52. The van der Waals surface area contributed by atoms with E-state index in [2.05, 4.69) is 5.32 Å². The van der Waals surface area contributed by atoms with Crippen molar-refractivity contribution < 1.29 is 9.53 Å². The van der Waals surface area contributed by atoms with Gasteiger partial charge in [0.2, 0.25) is 0 Å². The largest absolute Gasteiger partial charge is 0.497 e. The number of methoxy groups -OCH3 is 1. The van der Waals surface area contributed by atoms with Crippen molar-refractivity contribution in [3.05, 3.63) is 24.3 Å². The fourth-order valence-corrected chi connectivity index (χ4v) is 1.85. The average Bonchev–Trinajstić information content (AvgIpc) is 2.77. The molecule has 1 aliphatic rings. The first-order valence-electron chi connectivity index (χ1n) is 5.64. The minimum Gasteiger partial charge on any atom is -0.497 e. The minimum absolute atomic E-state index is 0.0943. The van der Waals surface area contributed by atoms with Gasteiger partial charge in [-0.25, -0.2) is 4.79 Å². The summed E-state index contributed by atoms with van der Waals surface area (Å²) >= 11 is 0. The molecule has 1 heterocycles. The summed E-state index contributed by atoms with van der Waals surface area (Å²) in [5, 5.41) is 2.83. The van der Waals surface area contributed by atoms with Crippen LogP contribution in [0.15, 0.2) is 24.3 Å². The first-order chi connectivity index (χ1) is 8.19. The van der Waals surface area contributed by atoms with Crippen LogP contribution in [-0.4, -0.2) is 37.2 Å². The van der Waals surface area contributed by atoms with Gasteiger partial charge in [0.1, 0.15) is 5.75 Å². The molecular weight excluding hydrogens is 218 g/mol. The highest BCUT2D eigenvalue weighted by Gasteiger charge is 2.23. The second kappa shape index (κ2) is 5.05. The first kappa shape index (κ1) is 11.7. The van der Waals surface area contributed by atoms with Crippen molar-refractivity contribution in [1.29, 1.82) is 0 Å². The Labute approximate surface area is 101 Å². The standard InChI is InChI=1S/C12H17N3O2/c1-17-11-4-2-10(3-5-11)14-12(16)15-7-6-9(13)8-15/h2-5,9H,6-8,13H2,1H3,(H,14,16)/t9-/m0/s1. The molecule has 0 saturated carbocycles. The van der Waals surface area contributed by atoms with Gasteiger partial charge in [-0.3, -0.25) is 0 Å². The maximum Gasteiger partial charge on any atom is 0.321 e. The summed E-state index contributed by atoms with van der Waals surface area (Å²) in [4.78, 5) is 13.6. The summed E-state index contributed by atoms with van der Waals surface area (Å²) in [7, 11) is 1.61. The lowest BCUT2D eigenvalue weighted by Crippen LogP contribution is -2.35. The van der Waals surface area contributed by atoms with Crippen LogP contribution in [0.5, 0.6) is 5.75 Å². The molecule has 92 valence electrons. The number of urea groups is 1. The fourth-order valence-electron chi connectivity index (χ4n) is 1.85. The van der Waals surface area contributed by atoms with E-state index in [0.29, 0.717) is 6.54 Å². The van der Waals surface area contributed by atoms with Gasteiger partial charge in [-0.2, -0.15) is 0 Å². The Kier molecular flexibility index (Phi) is 3.49. The van der Waals surface area contributed by atoms with Gasteiger partial charge in [-0.05, 0) is 30.7 Å². The highest BCUT2D eigenvalue weighted by molar-refractivity contribution is 5.89. The Morgan fingerprint density at radius 1 is 1.47 bits per heavy atom. The lowest BCUT2D eigenvalue weighted by molar-refractivity contribution is 0.222. The third kappa shape index (κ3) is 2.88. The van der Waals surface area contributed by atoms with E-state index in [1.54, 1.807) is 12.0 Å². The molecule has 1 aliphatic heterocycles. The van der Waals surface area contributed by atoms with Crippen molar-refractivity contribution in [2.75, 3.05) is 25.5 Å². The van der Waals surface area contributed by atoms with Crippen molar-refractivity contribution in [1.82, 2.24) is 4.90 Å². The van der Waals surface area contributed by atoms with Crippen molar-refractivity contribution in [2.45, 2.75) is 12.5 Å². The summed E-state index contributed by atoms with van der Waals surface area (Å²) in [5.74, 6) is 0.770. The molecule has 1 fully saturated rings. The molecule has 0 bridgehead atoms. The van der Waals surface area contributed by atoms with Gasteiger partial charge in [-0.1, -0.05) is 0 Å². The van der Waals surface area contributed by atoms with Crippen LogP contribution >= 0.6 is 0 Å². The van der Waals surface area contributed by atoms with Gasteiger partial charge in [-0.15, -0.1) is 0 Å². The molecule has 5 nitrogen and oxygen atoms in total. The summed E-state index contributed by atoms with van der Waals surface area (Å²) in [6, 6.07) is 7.26. The van der Waals surface area contributed by atoms with Gasteiger partial charge in [0, 0.05) is 24.8 Å². The number of hydrogen-bond donors (Lipinski definition) is 2. The number of ether oxygens (including phenoxy) is 1. The van der Waals surface area contributed by atoms with E-state index in [1.807, 2.05) is 24.3 Å². The van der Waals surface area contributed by atoms with Crippen LogP contribution in [0.4, 0.5) is 10.5 Å². The zero-order valence-electron chi connectivity index (χ0n) is 9.85. The van der Waals surface area contributed by atoms with Crippen LogP contribution < -0.4 is 15.8 Å². The highest BCUT2D eigenvalue weighted by atomic mass is 16.5. The summed E-state index contributed by atoms with van der Waals surface area (Å²) in [6.07, 6.45) is 0.871. The molecule has 0 spiro atoms. The van der Waals surface area contributed by atoms with Crippen LogP contribution in [0.1, 0.15) is 6.42 Å². The Bertz CT molecular complexity index is 391. The van der Waals surface area contributed by atoms with E-state index >= 15 is 0 Å². The number of nitrogens with two attached hydrogens (primary N) is 1. The number of hydrogen-bond acceptors (Lipinski definition) is 3. The predicted octanol–water partition coefficient (Wildman–Crippen LogP) is 1.26. The van der Waals surface area contributed by atoms with E-state index in [-0.39, 0.29) is 12.1 Å². The highest BCUT2D eigenvalue weighted by Crippen LogP contribution is 2.16. The minimum atomic E-state index is -0.0943. The van der Waals surface area contributed by atoms with Crippen LogP contribution in [0.3, 0.4) is 0 Å². The molecule has 0 aromatic heterocycles. The molecule has 1 aromatic carbocycles. The Balaban J connectivity index is 1.93. The molecule has 17 heavy (non-hydrogen) atoms. The normalized spacial score (nSPS) is 19.2. The number of rotatable bonds is 2. The molecule has 0 radical (unpaired) electrons. The number of carbonyl (C=O) groups excluding carboxylic acids is 1. The van der Waals surface area contributed by atoms with E-state index in [9.17, 15) is 4.79 Å². The molecular formula is C12H17N3O2. The van der Waals surface area contributed by atoms with Crippen molar-refractivity contribution >= 4 is 11.7 Å². The predicted molar refractivity (Wildman–Crippen MR) is 66.2 cm³/mol. The molecule has 2 amide bonds. The van der Waals surface area contributed by atoms with E-state index in [1.165, 1.54) is 0 Å². The van der Waals surface area contributed by atoms with E-state index in [0.717, 1.165) is 24.4 Å². The molecule has 3 N–H and O–H groups in total. The SMILES string of the molecule is COc1ccc(NC(=O)N2CC[C@H](N)C2)cc1. The zero-order chi connectivity index (χ0) is 12.3. The number of likely N-dealkylation sites (tertiary alicyclic amines) is 1. The lowest BCUT2D eigenvalue weighted by Gasteiger charge is -2.16. The van der Waals surface area contributed by atoms with E-state index < -0.39 is 0 Å². The molecule has 5 heteroatoms. The Morgan fingerprint density at radius 2 is 2.18 bits per heavy atom. The molecule has 1 atom stereocenters. The van der Waals surface area contributed by atoms with Crippen LogP contribution in [0, 0.1) is 0 Å². The smallest absolute Gasteiger partial charge is 0.321 e. The fraction of sp³-hybridized carbons (Fsp3) is 0.417. The average molecular weight is 235 g/mol. The number of nitrogens with one attached hydrogen (secondary N) is 1. The van der Waals surface area contributed by atoms with Crippen molar-refractivity contribution in [2.24, 2.45) is 5.73 Å². The molecule has 0 aliphatic carbocycles. The van der Waals surface area contributed by atoms with Crippen molar-refractivity contribution in [3.63, 3.8) is 0 Å². The maximum absolute atomic E-state index is 11.8.